The molecular formula is C17H26N4O5. The number of hydrogen-bond donors (Lipinski definition) is 2. The van der Waals surface area contributed by atoms with Crippen LogP contribution in [0.25, 0.3) is 0 Å². The van der Waals surface area contributed by atoms with Crippen molar-refractivity contribution in [3.8, 4) is 0 Å². The molecule has 9 nitrogen and oxygen atoms in total. The third kappa shape index (κ3) is 5.47. The number of rotatable bonds is 6. The zero-order chi connectivity index (χ0) is 19.1. The number of carbonyl (C=O) groups excluding carboxylic acids is 3. The van der Waals surface area contributed by atoms with E-state index in [1.165, 1.54) is 13.4 Å². The number of anilines is 1. The predicted octanol–water partition coefficient (Wildman–Crippen LogP) is 1.62. The van der Waals surface area contributed by atoms with Crippen molar-refractivity contribution < 1.29 is 23.6 Å². The topological polar surface area (TPSA) is 114 Å². The van der Waals surface area contributed by atoms with Crippen LogP contribution < -0.4 is 10.6 Å². The first kappa shape index (κ1) is 19.7. The average Bonchev–Trinajstić information content (AvgIpc) is 3.13. The van der Waals surface area contributed by atoms with Gasteiger partial charge in [0.05, 0.1) is 7.11 Å². The van der Waals surface area contributed by atoms with Crippen LogP contribution in [0.15, 0.2) is 16.9 Å². The van der Waals surface area contributed by atoms with Crippen LogP contribution in [0.2, 0.25) is 0 Å². The van der Waals surface area contributed by atoms with Crippen LogP contribution in [-0.2, 0) is 14.3 Å². The summed E-state index contributed by atoms with van der Waals surface area (Å²) in [5.74, 6) is -0.155. The molecule has 9 heteroatoms. The van der Waals surface area contributed by atoms with Crippen LogP contribution in [0.4, 0.5) is 10.6 Å². The molecule has 2 N–H and O–H groups in total. The number of amides is 3. The second-order valence-corrected chi connectivity index (χ2v) is 6.79. The number of nitrogens with one attached hydrogen (secondary N) is 2. The fourth-order valence-electron chi connectivity index (χ4n) is 2.92. The Kier molecular flexibility index (Phi) is 6.99. The van der Waals surface area contributed by atoms with Crippen molar-refractivity contribution in [3.05, 3.63) is 12.3 Å². The van der Waals surface area contributed by atoms with Crippen molar-refractivity contribution in [3.63, 3.8) is 0 Å². The first-order valence-corrected chi connectivity index (χ1v) is 8.75. The lowest BCUT2D eigenvalue weighted by Gasteiger charge is -2.32. The molecule has 3 amide bonds. The van der Waals surface area contributed by atoms with Gasteiger partial charge in [0.2, 0.25) is 5.91 Å². The van der Waals surface area contributed by atoms with Crippen LogP contribution in [0.5, 0.6) is 0 Å². The molecule has 1 aliphatic heterocycles. The van der Waals surface area contributed by atoms with Crippen molar-refractivity contribution in [2.24, 2.45) is 11.8 Å². The number of likely N-dealkylation sites (tertiary alicyclic amines) is 1. The summed E-state index contributed by atoms with van der Waals surface area (Å²) in [4.78, 5) is 38.1. The monoisotopic (exact) mass is 366 g/mol. The van der Waals surface area contributed by atoms with E-state index in [1.807, 2.05) is 13.8 Å². The summed E-state index contributed by atoms with van der Waals surface area (Å²) in [6, 6.07) is 0.597. The molecule has 1 fully saturated rings. The minimum Gasteiger partial charge on any atom is -0.467 e. The summed E-state index contributed by atoms with van der Waals surface area (Å²) in [5.41, 5.74) is 0. The number of methoxy groups -OCH3 is 1. The van der Waals surface area contributed by atoms with E-state index in [0.29, 0.717) is 38.2 Å². The molecule has 0 radical (unpaired) electrons. The lowest BCUT2D eigenvalue weighted by molar-refractivity contribution is -0.143. The van der Waals surface area contributed by atoms with E-state index in [2.05, 4.69) is 20.3 Å². The van der Waals surface area contributed by atoms with E-state index in [-0.39, 0.29) is 23.8 Å². The first-order chi connectivity index (χ1) is 12.4. The Bertz CT molecular complexity index is 609. The number of hydrogen-bond acceptors (Lipinski definition) is 6. The van der Waals surface area contributed by atoms with Crippen molar-refractivity contribution >= 4 is 23.7 Å². The smallest absolute Gasteiger partial charge is 0.328 e. The molecular weight excluding hydrogens is 340 g/mol. The third-order valence-electron chi connectivity index (χ3n) is 4.33. The molecule has 0 unspecified atom stereocenters. The highest BCUT2D eigenvalue weighted by Gasteiger charge is 2.30. The fourth-order valence-corrected chi connectivity index (χ4v) is 2.92. The van der Waals surface area contributed by atoms with E-state index in [4.69, 9.17) is 4.74 Å². The van der Waals surface area contributed by atoms with Crippen LogP contribution in [0.3, 0.4) is 0 Å². The molecule has 1 aromatic rings. The van der Waals surface area contributed by atoms with E-state index < -0.39 is 12.0 Å². The number of piperidine rings is 1. The third-order valence-corrected chi connectivity index (χ3v) is 4.33. The van der Waals surface area contributed by atoms with Crippen LogP contribution in [0, 0.1) is 11.8 Å². The van der Waals surface area contributed by atoms with Gasteiger partial charge in [0, 0.05) is 25.1 Å². The number of aromatic nitrogens is 1. The molecule has 26 heavy (non-hydrogen) atoms. The van der Waals surface area contributed by atoms with Gasteiger partial charge < -0.3 is 24.8 Å². The van der Waals surface area contributed by atoms with Crippen LogP contribution >= 0.6 is 0 Å². The highest BCUT2D eigenvalue weighted by molar-refractivity contribution is 5.91. The van der Waals surface area contributed by atoms with Crippen LogP contribution in [0.1, 0.15) is 33.1 Å². The number of ether oxygens (including phenoxy) is 1. The Morgan fingerprint density at radius 3 is 2.58 bits per heavy atom. The molecule has 0 saturated carbocycles. The lowest BCUT2D eigenvalue weighted by Crippen LogP contribution is -2.51. The van der Waals surface area contributed by atoms with Gasteiger partial charge in [-0.1, -0.05) is 19.0 Å². The Hall–Kier alpha value is -2.58. The maximum Gasteiger partial charge on any atom is 0.328 e. The zero-order valence-electron chi connectivity index (χ0n) is 15.4. The molecule has 0 bridgehead atoms. The van der Waals surface area contributed by atoms with Gasteiger partial charge in [-0.25, -0.2) is 9.59 Å². The fraction of sp³-hybridized carbons (Fsp3) is 0.647. The number of esters is 1. The maximum absolute atomic E-state index is 12.4. The normalized spacial score (nSPS) is 16.2. The Morgan fingerprint density at radius 2 is 2.04 bits per heavy atom. The maximum atomic E-state index is 12.4. The van der Waals surface area contributed by atoms with E-state index in [0.717, 1.165) is 0 Å². The van der Waals surface area contributed by atoms with Gasteiger partial charge in [-0.2, -0.15) is 0 Å². The van der Waals surface area contributed by atoms with Crippen molar-refractivity contribution in [2.45, 2.75) is 39.2 Å². The van der Waals surface area contributed by atoms with E-state index in [9.17, 15) is 14.4 Å². The minimum atomic E-state index is -0.666. The second-order valence-electron chi connectivity index (χ2n) is 6.79. The Balaban J connectivity index is 1.83. The van der Waals surface area contributed by atoms with Crippen molar-refractivity contribution in [2.75, 3.05) is 25.5 Å². The highest BCUT2D eigenvalue weighted by atomic mass is 16.5. The Labute approximate surface area is 152 Å². The van der Waals surface area contributed by atoms with Gasteiger partial charge in [-0.05, 0) is 25.2 Å². The zero-order valence-corrected chi connectivity index (χ0v) is 15.4. The number of urea groups is 1. The van der Waals surface area contributed by atoms with Gasteiger partial charge in [-0.15, -0.1) is 0 Å². The van der Waals surface area contributed by atoms with E-state index in [1.54, 1.807) is 11.0 Å². The largest absolute Gasteiger partial charge is 0.467 e. The lowest BCUT2D eigenvalue weighted by atomic mass is 9.96. The number of nitrogens with zero attached hydrogens (tertiary/aromatic N) is 2. The standard InChI is InChI=1S/C17H26N4O5/c1-11(2)10-13(16(23)25-3)18-17(24)21-7-4-12(5-8-21)15(22)19-14-6-9-26-20-14/h6,9,11-13H,4-5,7-8,10H2,1-3H3,(H,18,24)(H,19,20,22)/t13-/m0/s1. The molecule has 1 aliphatic rings. The van der Waals surface area contributed by atoms with Crippen molar-refractivity contribution in [1.82, 2.24) is 15.4 Å². The van der Waals surface area contributed by atoms with Gasteiger partial charge >= 0.3 is 12.0 Å². The SMILES string of the molecule is COC(=O)[C@H](CC(C)C)NC(=O)N1CCC(C(=O)Nc2ccon2)CC1. The molecule has 1 aromatic heterocycles. The summed E-state index contributed by atoms with van der Waals surface area (Å²) in [7, 11) is 1.31. The quantitative estimate of drug-likeness (QED) is 0.740. The van der Waals surface area contributed by atoms with Gasteiger partial charge in [0.1, 0.15) is 12.3 Å². The van der Waals surface area contributed by atoms with Gasteiger partial charge in [-0.3, -0.25) is 4.79 Å². The second kappa shape index (κ2) is 9.21. The summed E-state index contributed by atoms with van der Waals surface area (Å²) in [5, 5.41) is 9.08. The highest BCUT2D eigenvalue weighted by Crippen LogP contribution is 2.19. The molecule has 2 heterocycles. The minimum absolute atomic E-state index is 0.133. The summed E-state index contributed by atoms with van der Waals surface area (Å²) in [6.45, 7) is 4.83. The predicted molar refractivity (Wildman–Crippen MR) is 93.2 cm³/mol. The molecule has 0 spiro atoms. The van der Waals surface area contributed by atoms with E-state index >= 15 is 0 Å². The summed E-state index contributed by atoms with van der Waals surface area (Å²) in [6.07, 6.45) is 2.99. The molecule has 1 atom stereocenters. The molecule has 144 valence electrons. The molecule has 0 aromatic carbocycles. The average molecular weight is 366 g/mol. The van der Waals surface area contributed by atoms with Gasteiger partial charge in [0.15, 0.2) is 5.82 Å². The summed E-state index contributed by atoms with van der Waals surface area (Å²) >= 11 is 0. The molecule has 0 aliphatic carbocycles. The first-order valence-electron chi connectivity index (χ1n) is 8.75. The molecule has 1 saturated heterocycles. The molecule has 2 rings (SSSR count). The number of carbonyl (C=O) groups is 3. The van der Waals surface area contributed by atoms with Crippen LogP contribution in [-0.4, -0.2) is 54.2 Å². The summed E-state index contributed by atoms with van der Waals surface area (Å²) < 4.78 is 9.44. The Morgan fingerprint density at radius 1 is 1.35 bits per heavy atom. The van der Waals surface area contributed by atoms with Gasteiger partial charge in [0.25, 0.3) is 0 Å². The van der Waals surface area contributed by atoms with Crippen molar-refractivity contribution in [1.29, 1.82) is 0 Å².